The number of carbonyl (C=O) groups is 2. The number of hydrogen-bond donors (Lipinski definition) is 3. The average Bonchev–Trinajstić information content (AvgIpc) is 2.83. The molecule has 1 aliphatic rings. The van der Waals surface area contributed by atoms with E-state index in [4.69, 9.17) is 15.2 Å². The third kappa shape index (κ3) is 6.00. The predicted molar refractivity (Wildman–Crippen MR) is 69.4 cm³/mol. The largest absolute Gasteiger partial charge is 0.379 e. The summed E-state index contributed by atoms with van der Waals surface area (Å²) in [6.07, 6.45) is 1.02. The average molecular weight is 273 g/mol. The summed E-state index contributed by atoms with van der Waals surface area (Å²) in [5, 5.41) is 6.07. The number of nitrogens with two attached hydrogens (primary N) is 1. The molecule has 1 fully saturated rings. The van der Waals surface area contributed by atoms with E-state index in [1.165, 1.54) is 0 Å². The van der Waals surface area contributed by atoms with Gasteiger partial charge < -0.3 is 25.8 Å². The van der Waals surface area contributed by atoms with Gasteiger partial charge in [0.25, 0.3) is 0 Å². The van der Waals surface area contributed by atoms with Crippen molar-refractivity contribution in [3.63, 3.8) is 0 Å². The Morgan fingerprint density at radius 3 is 2.84 bits per heavy atom. The summed E-state index contributed by atoms with van der Waals surface area (Å²) in [6.45, 7) is 4.47. The molecule has 0 bridgehead atoms. The van der Waals surface area contributed by atoms with Gasteiger partial charge in [0.1, 0.15) is 6.61 Å². The van der Waals surface area contributed by atoms with Crippen molar-refractivity contribution in [2.45, 2.75) is 19.4 Å². The van der Waals surface area contributed by atoms with Crippen LogP contribution in [0.25, 0.3) is 0 Å². The molecular formula is C12H23N3O4. The van der Waals surface area contributed by atoms with E-state index in [1.54, 1.807) is 0 Å². The molecule has 0 aromatic rings. The molecule has 7 nitrogen and oxygen atoms in total. The van der Waals surface area contributed by atoms with Crippen LogP contribution in [0.1, 0.15) is 13.3 Å². The third-order valence-corrected chi connectivity index (χ3v) is 2.86. The highest BCUT2D eigenvalue weighted by atomic mass is 16.5. The molecule has 19 heavy (non-hydrogen) atoms. The lowest BCUT2D eigenvalue weighted by Gasteiger charge is -2.18. The van der Waals surface area contributed by atoms with Crippen LogP contribution in [0.2, 0.25) is 0 Å². The molecule has 7 heteroatoms. The highest BCUT2D eigenvalue weighted by Gasteiger charge is 2.33. The van der Waals surface area contributed by atoms with Gasteiger partial charge in [-0.15, -0.1) is 0 Å². The lowest BCUT2D eigenvalue weighted by molar-refractivity contribution is -0.125. The molecule has 2 amide bonds. The Balaban J connectivity index is 2.18. The van der Waals surface area contributed by atoms with Gasteiger partial charge in [0, 0.05) is 12.6 Å². The zero-order chi connectivity index (χ0) is 14.1. The maximum Gasteiger partial charge on any atom is 0.243 e. The van der Waals surface area contributed by atoms with Crippen LogP contribution in [0.15, 0.2) is 0 Å². The second kappa shape index (κ2) is 8.84. The summed E-state index contributed by atoms with van der Waals surface area (Å²) < 4.78 is 10.3. The number of ether oxygens (including phenoxy) is 2. The van der Waals surface area contributed by atoms with Gasteiger partial charge in [-0.2, -0.15) is 0 Å². The number of primary amides is 1. The van der Waals surface area contributed by atoms with Gasteiger partial charge in [-0.1, -0.05) is 6.92 Å². The van der Waals surface area contributed by atoms with Crippen molar-refractivity contribution in [3.8, 4) is 0 Å². The molecule has 2 atom stereocenters. The van der Waals surface area contributed by atoms with E-state index in [1.807, 2.05) is 0 Å². The zero-order valence-electron chi connectivity index (χ0n) is 11.3. The van der Waals surface area contributed by atoms with Crippen molar-refractivity contribution in [3.05, 3.63) is 0 Å². The number of carbonyl (C=O) groups excluding carboxylic acids is 2. The van der Waals surface area contributed by atoms with Crippen LogP contribution in [0.5, 0.6) is 0 Å². The van der Waals surface area contributed by atoms with Crippen LogP contribution in [0.3, 0.4) is 0 Å². The van der Waals surface area contributed by atoms with Gasteiger partial charge in [0.05, 0.1) is 25.7 Å². The SMILES string of the molecule is CCCNC1COCC1C(=O)NCCOCC(N)=O. The van der Waals surface area contributed by atoms with Crippen LogP contribution in [-0.4, -0.2) is 57.4 Å². The number of amides is 2. The molecule has 1 saturated heterocycles. The lowest BCUT2D eigenvalue weighted by atomic mass is 10.0. The molecule has 0 saturated carbocycles. The molecule has 0 aromatic carbocycles. The predicted octanol–water partition coefficient (Wildman–Crippen LogP) is -1.38. The minimum Gasteiger partial charge on any atom is -0.379 e. The first-order chi connectivity index (χ1) is 9.15. The Labute approximate surface area is 113 Å². The first kappa shape index (κ1) is 15.9. The first-order valence-electron chi connectivity index (χ1n) is 6.60. The minimum absolute atomic E-state index is 0.0474. The van der Waals surface area contributed by atoms with Gasteiger partial charge in [-0.3, -0.25) is 9.59 Å². The third-order valence-electron chi connectivity index (χ3n) is 2.86. The monoisotopic (exact) mass is 273 g/mol. The lowest BCUT2D eigenvalue weighted by Crippen LogP contribution is -2.44. The van der Waals surface area contributed by atoms with Crippen LogP contribution < -0.4 is 16.4 Å². The van der Waals surface area contributed by atoms with Crippen LogP contribution in [0.4, 0.5) is 0 Å². The fraction of sp³-hybridized carbons (Fsp3) is 0.833. The van der Waals surface area contributed by atoms with Crippen LogP contribution >= 0.6 is 0 Å². The molecular weight excluding hydrogens is 250 g/mol. The molecule has 110 valence electrons. The van der Waals surface area contributed by atoms with Crippen molar-refractivity contribution >= 4 is 11.8 Å². The second-order valence-corrected chi connectivity index (χ2v) is 4.51. The van der Waals surface area contributed by atoms with E-state index >= 15 is 0 Å². The van der Waals surface area contributed by atoms with Gasteiger partial charge in [0.15, 0.2) is 0 Å². The molecule has 2 unspecified atom stereocenters. The standard InChI is InChI=1S/C12H23N3O4/c1-2-3-14-10-7-19-6-9(10)12(17)15-4-5-18-8-11(13)16/h9-10,14H,2-8H2,1H3,(H2,13,16)(H,15,17). The fourth-order valence-corrected chi connectivity index (χ4v) is 1.89. The molecule has 0 radical (unpaired) electrons. The maximum atomic E-state index is 11.9. The summed E-state index contributed by atoms with van der Waals surface area (Å²) in [5.41, 5.74) is 4.92. The van der Waals surface area contributed by atoms with Crippen molar-refractivity contribution in [1.82, 2.24) is 10.6 Å². The van der Waals surface area contributed by atoms with E-state index in [0.717, 1.165) is 13.0 Å². The zero-order valence-corrected chi connectivity index (χ0v) is 11.3. The summed E-state index contributed by atoms with van der Waals surface area (Å²) in [7, 11) is 0. The van der Waals surface area contributed by atoms with Gasteiger partial charge in [-0.05, 0) is 13.0 Å². The Morgan fingerprint density at radius 2 is 2.16 bits per heavy atom. The normalized spacial score (nSPS) is 22.4. The molecule has 1 rings (SSSR count). The first-order valence-corrected chi connectivity index (χ1v) is 6.60. The summed E-state index contributed by atoms with van der Waals surface area (Å²) >= 11 is 0. The maximum absolute atomic E-state index is 11.9. The van der Waals surface area contributed by atoms with Crippen LogP contribution in [-0.2, 0) is 19.1 Å². The number of rotatable bonds is 9. The molecule has 0 spiro atoms. The fourth-order valence-electron chi connectivity index (χ4n) is 1.89. The Kier molecular flexibility index (Phi) is 7.39. The Bertz CT molecular complexity index is 299. The highest BCUT2D eigenvalue weighted by molar-refractivity contribution is 5.79. The smallest absolute Gasteiger partial charge is 0.243 e. The highest BCUT2D eigenvalue weighted by Crippen LogP contribution is 2.13. The van der Waals surface area contributed by atoms with E-state index in [2.05, 4.69) is 17.6 Å². The van der Waals surface area contributed by atoms with Crippen molar-refractivity contribution in [2.24, 2.45) is 11.7 Å². The van der Waals surface area contributed by atoms with Gasteiger partial charge >= 0.3 is 0 Å². The van der Waals surface area contributed by atoms with Gasteiger partial charge in [0.2, 0.25) is 11.8 Å². The van der Waals surface area contributed by atoms with Gasteiger partial charge in [-0.25, -0.2) is 0 Å². The van der Waals surface area contributed by atoms with Crippen molar-refractivity contribution in [2.75, 3.05) is 39.5 Å². The Hall–Kier alpha value is -1.18. The molecule has 0 aromatic heterocycles. The molecule has 4 N–H and O–H groups in total. The van der Waals surface area contributed by atoms with E-state index in [0.29, 0.717) is 19.8 Å². The Morgan fingerprint density at radius 1 is 1.37 bits per heavy atom. The number of nitrogens with one attached hydrogen (secondary N) is 2. The topological polar surface area (TPSA) is 103 Å². The molecule has 1 heterocycles. The van der Waals surface area contributed by atoms with Crippen LogP contribution in [0, 0.1) is 5.92 Å². The molecule has 1 aliphatic heterocycles. The second-order valence-electron chi connectivity index (χ2n) is 4.51. The van der Waals surface area contributed by atoms with E-state index < -0.39 is 5.91 Å². The minimum atomic E-state index is -0.514. The van der Waals surface area contributed by atoms with Crippen molar-refractivity contribution in [1.29, 1.82) is 0 Å². The molecule has 0 aliphatic carbocycles. The summed E-state index contributed by atoms with van der Waals surface area (Å²) in [5.74, 6) is -0.726. The summed E-state index contributed by atoms with van der Waals surface area (Å²) in [4.78, 5) is 22.4. The van der Waals surface area contributed by atoms with E-state index in [-0.39, 0.29) is 31.1 Å². The summed E-state index contributed by atoms with van der Waals surface area (Å²) in [6, 6.07) is 0.0755. The van der Waals surface area contributed by atoms with Crippen molar-refractivity contribution < 1.29 is 19.1 Å². The quantitative estimate of drug-likeness (QED) is 0.449. The number of hydrogen-bond acceptors (Lipinski definition) is 5. The van der Waals surface area contributed by atoms with E-state index in [9.17, 15) is 9.59 Å².